The van der Waals surface area contributed by atoms with Crippen molar-refractivity contribution in [3.63, 3.8) is 0 Å². The van der Waals surface area contributed by atoms with Crippen LogP contribution in [0.25, 0.3) is 0 Å². The Hall–Kier alpha value is -0.910. The topological polar surface area (TPSA) is 78.4 Å². The normalized spacial score (nSPS) is 24.5. The van der Waals surface area contributed by atoms with E-state index in [2.05, 4.69) is 10.6 Å². The third-order valence-electron chi connectivity index (χ3n) is 4.58. The van der Waals surface area contributed by atoms with Crippen LogP contribution in [0, 0.1) is 5.41 Å². The van der Waals surface area contributed by atoms with Gasteiger partial charge >= 0.3 is 12.0 Å². The molecule has 21 heavy (non-hydrogen) atoms. The van der Waals surface area contributed by atoms with Crippen LogP contribution in [0.3, 0.4) is 0 Å². The molecule has 0 aromatic rings. The highest BCUT2D eigenvalue weighted by atomic mass is 32.2. The first-order chi connectivity index (χ1) is 10.1. The monoisotopic (exact) mass is 314 g/mol. The number of hydrogen-bond acceptors (Lipinski definition) is 3. The van der Waals surface area contributed by atoms with Gasteiger partial charge in [0.25, 0.3) is 0 Å². The van der Waals surface area contributed by atoms with Crippen LogP contribution >= 0.6 is 11.8 Å². The van der Waals surface area contributed by atoms with Crippen molar-refractivity contribution in [2.75, 3.05) is 18.8 Å². The van der Waals surface area contributed by atoms with Gasteiger partial charge in [0.2, 0.25) is 0 Å². The summed E-state index contributed by atoms with van der Waals surface area (Å²) in [4.78, 5) is 23.0. The van der Waals surface area contributed by atoms with Crippen molar-refractivity contribution >= 4 is 23.8 Å². The van der Waals surface area contributed by atoms with Gasteiger partial charge in [0.1, 0.15) is 0 Å². The maximum atomic E-state index is 11.9. The lowest BCUT2D eigenvalue weighted by Crippen LogP contribution is -2.45. The summed E-state index contributed by atoms with van der Waals surface area (Å²) in [5, 5.41) is 15.5. The highest BCUT2D eigenvalue weighted by Crippen LogP contribution is 2.38. The fraction of sp³-hybridized carbons (Fsp3) is 0.867. The Balaban J connectivity index is 1.74. The number of carbonyl (C=O) groups is 2. The van der Waals surface area contributed by atoms with E-state index in [4.69, 9.17) is 5.11 Å². The van der Waals surface area contributed by atoms with E-state index >= 15 is 0 Å². The van der Waals surface area contributed by atoms with Crippen molar-refractivity contribution in [3.8, 4) is 0 Å². The molecular weight excluding hydrogens is 288 g/mol. The van der Waals surface area contributed by atoms with Crippen molar-refractivity contribution in [3.05, 3.63) is 0 Å². The lowest BCUT2D eigenvalue weighted by atomic mass is 9.72. The average Bonchev–Trinajstić information content (AvgIpc) is 2.96. The first-order valence-corrected chi connectivity index (χ1v) is 9.00. The minimum atomic E-state index is -0.763. The first kappa shape index (κ1) is 16.5. The van der Waals surface area contributed by atoms with Gasteiger partial charge in [-0.3, -0.25) is 4.79 Å². The Morgan fingerprint density at radius 3 is 2.52 bits per heavy atom. The van der Waals surface area contributed by atoms with Gasteiger partial charge < -0.3 is 15.7 Å². The van der Waals surface area contributed by atoms with E-state index in [0.717, 1.165) is 25.7 Å². The molecule has 0 bridgehead atoms. The minimum absolute atomic E-state index is 0.155. The smallest absolute Gasteiger partial charge is 0.314 e. The Labute approximate surface area is 130 Å². The molecule has 1 unspecified atom stereocenters. The second-order valence-corrected chi connectivity index (χ2v) is 7.74. The molecule has 2 aliphatic rings. The van der Waals surface area contributed by atoms with Gasteiger partial charge in [-0.15, -0.1) is 0 Å². The molecule has 1 atom stereocenters. The second kappa shape index (κ2) is 7.92. The number of nitrogens with one attached hydrogen (secondary N) is 2. The predicted molar refractivity (Wildman–Crippen MR) is 84.7 cm³/mol. The van der Waals surface area contributed by atoms with Crippen LogP contribution in [-0.4, -0.2) is 41.2 Å². The van der Waals surface area contributed by atoms with Gasteiger partial charge in [0, 0.05) is 18.3 Å². The van der Waals surface area contributed by atoms with E-state index in [-0.39, 0.29) is 17.9 Å². The molecule has 1 saturated heterocycles. The van der Waals surface area contributed by atoms with Crippen molar-refractivity contribution in [1.82, 2.24) is 10.6 Å². The van der Waals surface area contributed by atoms with Crippen LogP contribution in [0.5, 0.6) is 0 Å². The lowest BCUT2D eigenvalue weighted by molar-refractivity contribution is -0.140. The van der Waals surface area contributed by atoms with Crippen LogP contribution in [0.4, 0.5) is 4.79 Å². The average molecular weight is 314 g/mol. The highest BCUT2D eigenvalue weighted by Gasteiger charge is 2.34. The Morgan fingerprint density at radius 2 is 1.90 bits per heavy atom. The molecule has 1 saturated carbocycles. The molecule has 0 radical (unpaired) electrons. The zero-order chi connectivity index (χ0) is 15.1. The van der Waals surface area contributed by atoms with E-state index in [9.17, 15) is 9.59 Å². The van der Waals surface area contributed by atoms with Crippen molar-refractivity contribution in [1.29, 1.82) is 0 Å². The summed E-state index contributed by atoms with van der Waals surface area (Å²) in [6, 6.07) is -0.155. The molecule has 1 heterocycles. The molecule has 6 heteroatoms. The molecule has 3 N–H and O–H groups in total. The Kier molecular flexibility index (Phi) is 6.21. The van der Waals surface area contributed by atoms with Crippen molar-refractivity contribution in [2.24, 2.45) is 5.41 Å². The Bertz CT molecular complexity index is 364. The molecule has 0 spiro atoms. The third-order valence-corrected chi connectivity index (χ3v) is 5.98. The molecule has 0 aromatic carbocycles. The second-order valence-electron chi connectivity index (χ2n) is 6.33. The van der Waals surface area contributed by atoms with E-state index in [1.165, 1.54) is 25.0 Å². The zero-order valence-corrected chi connectivity index (χ0v) is 13.3. The maximum absolute atomic E-state index is 11.9. The fourth-order valence-corrected chi connectivity index (χ4v) is 4.58. The van der Waals surface area contributed by atoms with Crippen molar-refractivity contribution < 1.29 is 14.7 Å². The highest BCUT2D eigenvalue weighted by molar-refractivity contribution is 8.00. The van der Waals surface area contributed by atoms with Gasteiger partial charge in [-0.25, -0.2) is 4.79 Å². The van der Waals surface area contributed by atoms with E-state index in [1.807, 2.05) is 11.8 Å². The summed E-state index contributed by atoms with van der Waals surface area (Å²) in [6.07, 6.45) is 7.67. The van der Waals surface area contributed by atoms with Crippen LogP contribution in [0.15, 0.2) is 0 Å². The summed E-state index contributed by atoms with van der Waals surface area (Å²) < 4.78 is 0. The number of urea groups is 1. The number of rotatable bonds is 6. The van der Waals surface area contributed by atoms with Crippen LogP contribution < -0.4 is 10.6 Å². The molecule has 120 valence electrons. The largest absolute Gasteiger partial charge is 0.481 e. The number of thioether (sulfide) groups is 1. The number of carboxylic acids is 1. The van der Waals surface area contributed by atoms with E-state index < -0.39 is 5.97 Å². The number of aliphatic carboxylic acids is 1. The van der Waals surface area contributed by atoms with Gasteiger partial charge in [-0.05, 0) is 36.9 Å². The molecule has 1 aliphatic heterocycles. The minimum Gasteiger partial charge on any atom is -0.481 e. The summed E-state index contributed by atoms with van der Waals surface area (Å²) in [7, 11) is 0. The van der Waals surface area contributed by atoms with Crippen LogP contribution in [-0.2, 0) is 4.79 Å². The Morgan fingerprint density at radius 1 is 1.14 bits per heavy atom. The number of amides is 2. The van der Waals surface area contributed by atoms with Gasteiger partial charge in [-0.1, -0.05) is 19.3 Å². The summed E-state index contributed by atoms with van der Waals surface area (Å²) in [6.45, 7) is 1.19. The SMILES string of the molecule is O=C(O)CC1(CNC(=O)NCC2CCCS2)CCCCC1. The molecule has 2 amide bonds. The summed E-state index contributed by atoms with van der Waals surface area (Å²) in [5.74, 6) is 0.428. The lowest BCUT2D eigenvalue weighted by Gasteiger charge is -2.36. The number of hydrogen-bond donors (Lipinski definition) is 3. The molecule has 5 nitrogen and oxygen atoms in total. The summed E-state index contributed by atoms with van der Waals surface area (Å²) >= 11 is 1.92. The fourth-order valence-electron chi connectivity index (χ4n) is 3.38. The van der Waals surface area contributed by atoms with E-state index in [0.29, 0.717) is 18.3 Å². The van der Waals surface area contributed by atoms with Crippen LogP contribution in [0.1, 0.15) is 51.4 Å². The number of carbonyl (C=O) groups excluding carboxylic acids is 1. The molecule has 2 rings (SSSR count). The molecule has 1 aliphatic carbocycles. The predicted octanol–water partition coefficient (Wildman–Crippen LogP) is 2.61. The third kappa shape index (κ3) is 5.41. The zero-order valence-electron chi connectivity index (χ0n) is 12.5. The summed E-state index contributed by atoms with van der Waals surface area (Å²) in [5.41, 5.74) is -0.246. The van der Waals surface area contributed by atoms with Crippen molar-refractivity contribution in [2.45, 2.75) is 56.6 Å². The number of carboxylic acid groups (broad SMARTS) is 1. The van der Waals surface area contributed by atoms with Gasteiger partial charge in [0.05, 0.1) is 6.42 Å². The quantitative estimate of drug-likeness (QED) is 0.704. The van der Waals surface area contributed by atoms with Gasteiger partial charge in [0.15, 0.2) is 0 Å². The van der Waals surface area contributed by atoms with Gasteiger partial charge in [-0.2, -0.15) is 11.8 Å². The molecular formula is C15H26N2O3S. The first-order valence-electron chi connectivity index (χ1n) is 7.95. The standard InChI is InChI=1S/C15H26N2O3S/c18-13(19)9-15(6-2-1-3-7-15)11-17-14(20)16-10-12-5-4-8-21-12/h12H,1-11H2,(H,18,19)(H2,16,17,20). The maximum Gasteiger partial charge on any atom is 0.314 e. The van der Waals surface area contributed by atoms with Crippen LogP contribution in [0.2, 0.25) is 0 Å². The molecule has 0 aromatic heterocycles. The molecule has 2 fully saturated rings. The van der Waals surface area contributed by atoms with E-state index in [1.54, 1.807) is 0 Å².